The maximum absolute atomic E-state index is 9.55. The summed E-state index contributed by atoms with van der Waals surface area (Å²) < 4.78 is 0. The van der Waals surface area contributed by atoms with E-state index >= 15 is 0 Å². The van der Waals surface area contributed by atoms with Gasteiger partial charge in [-0.25, -0.2) is 0 Å². The summed E-state index contributed by atoms with van der Waals surface area (Å²) in [5.41, 5.74) is 12.8. The summed E-state index contributed by atoms with van der Waals surface area (Å²) in [7, 11) is 0. The van der Waals surface area contributed by atoms with Crippen molar-refractivity contribution in [2.45, 2.75) is 19.9 Å². The summed E-state index contributed by atoms with van der Waals surface area (Å²) in [6.07, 6.45) is 0. The Morgan fingerprint density at radius 3 is 2.38 bits per heavy atom. The molecule has 0 saturated heterocycles. The van der Waals surface area contributed by atoms with Crippen molar-refractivity contribution < 1.29 is 5.11 Å². The average molecular weight is 180 g/mol. The fraction of sp³-hybridized carbons (Fsp3) is 0.400. The van der Waals surface area contributed by atoms with E-state index in [1.807, 2.05) is 13.8 Å². The standard InChI is InChI=1S/C10H16N2O/c1-6(2)10(12)9-7(11)4-3-5-8(9)13/h3-6,10,13H,11-12H2,1-2H3. The van der Waals surface area contributed by atoms with E-state index in [0.29, 0.717) is 11.3 Å². The van der Waals surface area contributed by atoms with Gasteiger partial charge in [0.05, 0.1) is 0 Å². The minimum absolute atomic E-state index is 0.182. The molecule has 0 aliphatic heterocycles. The number of phenols is 1. The molecule has 3 nitrogen and oxygen atoms in total. The normalized spacial score (nSPS) is 13.2. The van der Waals surface area contributed by atoms with Crippen LogP contribution in [-0.4, -0.2) is 5.11 Å². The summed E-state index contributed by atoms with van der Waals surface area (Å²) in [4.78, 5) is 0. The number of nitrogens with two attached hydrogens (primary N) is 2. The topological polar surface area (TPSA) is 72.3 Å². The van der Waals surface area contributed by atoms with Crippen LogP contribution in [0.4, 0.5) is 5.69 Å². The Morgan fingerprint density at radius 2 is 1.92 bits per heavy atom. The highest BCUT2D eigenvalue weighted by molar-refractivity contribution is 5.55. The lowest BCUT2D eigenvalue weighted by Crippen LogP contribution is -2.18. The molecule has 1 unspecified atom stereocenters. The first kappa shape index (κ1) is 9.86. The molecular weight excluding hydrogens is 164 g/mol. The molecular formula is C10H16N2O. The molecule has 1 aromatic rings. The summed E-state index contributed by atoms with van der Waals surface area (Å²) in [6.45, 7) is 3.99. The van der Waals surface area contributed by atoms with Crippen LogP contribution in [0.2, 0.25) is 0 Å². The third-order valence-electron chi connectivity index (χ3n) is 2.17. The molecule has 0 spiro atoms. The molecule has 3 heteroatoms. The van der Waals surface area contributed by atoms with Crippen LogP contribution in [0.25, 0.3) is 0 Å². The Labute approximate surface area is 78.4 Å². The van der Waals surface area contributed by atoms with E-state index in [-0.39, 0.29) is 17.7 Å². The fourth-order valence-corrected chi connectivity index (χ4v) is 1.27. The van der Waals surface area contributed by atoms with Gasteiger partial charge in [-0.2, -0.15) is 0 Å². The molecule has 1 atom stereocenters. The van der Waals surface area contributed by atoms with E-state index in [0.717, 1.165) is 0 Å². The van der Waals surface area contributed by atoms with E-state index in [9.17, 15) is 5.11 Å². The first-order chi connectivity index (χ1) is 6.04. The van der Waals surface area contributed by atoms with Crippen LogP contribution in [0.15, 0.2) is 18.2 Å². The lowest BCUT2D eigenvalue weighted by atomic mass is 9.95. The van der Waals surface area contributed by atoms with Gasteiger partial charge in [0.1, 0.15) is 5.75 Å². The monoisotopic (exact) mass is 180 g/mol. The molecule has 13 heavy (non-hydrogen) atoms. The van der Waals surface area contributed by atoms with Crippen LogP contribution < -0.4 is 11.5 Å². The number of phenolic OH excluding ortho intramolecular Hbond substituents is 1. The van der Waals surface area contributed by atoms with E-state index < -0.39 is 0 Å². The second-order valence-electron chi connectivity index (χ2n) is 3.55. The molecule has 0 aliphatic carbocycles. The molecule has 0 radical (unpaired) electrons. The van der Waals surface area contributed by atoms with E-state index in [1.165, 1.54) is 0 Å². The highest BCUT2D eigenvalue weighted by Crippen LogP contribution is 2.31. The molecule has 1 rings (SSSR count). The summed E-state index contributed by atoms with van der Waals surface area (Å²) in [5.74, 6) is 0.441. The number of benzene rings is 1. The van der Waals surface area contributed by atoms with Gasteiger partial charge in [0, 0.05) is 17.3 Å². The largest absolute Gasteiger partial charge is 0.508 e. The van der Waals surface area contributed by atoms with Crippen molar-refractivity contribution in [3.05, 3.63) is 23.8 Å². The van der Waals surface area contributed by atoms with Gasteiger partial charge in [0.2, 0.25) is 0 Å². The molecule has 0 aliphatic rings. The van der Waals surface area contributed by atoms with Crippen molar-refractivity contribution in [2.24, 2.45) is 11.7 Å². The van der Waals surface area contributed by atoms with E-state index in [2.05, 4.69) is 0 Å². The van der Waals surface area contributed by atoms with Crippen LogP contribution in [0, 0.1) is 5.92 Å². The number of rotatable bonds is 2. The van der Waals surface area contributed by atoms with Crippen molar-refractivity contribution in [3.8, 4) is 5.75 Å². The Hall–Kier alpha value is -1.22. The second kappa shape index (κ2) is 3.66. The predicted molar refractivity (Wildman–Crippen MR) is 54.3 cm³/mol. The van der Waals surface area contributed by atoms with Gasteiger partial charge in [-0.15, -0.1) is 0 Å². The molecule has 0 amide bonds. The van der Waals surface area contributed by atoms with Gasteiger partial charge in [-0.05, 0) is 18.1 Å². The van der Waals surface area contributed by atoms with Crippen LogP contribution in [0.3, 0.4) is 0 Å². The second-order valence-corrected chi connectivity index (χ2v) is 3.55. The number of anilines is 1. The van der Waals surface area contributed by atoms with Crippen LogP contribution >= 0.6 is 0 Å². The highest BCUT2D eigenvalue weighted by Gasteiger charge is 2.16. The van der Waals surface area contributed by atoms with Crippen molar-refractivity contribution >= 4 is 5.69 Å². The molecule has 1 aromatic carbocycles. The maximum atomic E-state index is 9.55. The van der Waals surface area contributed by atoms with Crippen LogP contribution in [-0.2, 0) is 0 Å². The van der Waals surface area contributed by atoms with E-state index in [1.54, 1.807) is 18.2 Å². The molecule has 0 saturated carbocycles. The minimum atomic E-state index is -0.207. The molecule has 0 fully saturated rings. The molecule has 0 heterocycles. The SMILES string of the molecule is CC(C)C(N)c1c(N)cccc1O. The third-order valence-corrected chi connectivity index (χ3v) is 2.17. The van der Waals surface area contributed by atoms with E-state index in [4.69, 9.17) is 11.5 Å². The van der Waals surface area contributed by atoms with Gasteiger partial charge < -0.3 is 16.6 Å². The third kappa shape index (κ3) is 1.92. The molecule has 72 valence electrons. The van der Waals surface area contributed by atoms with Crippen LogP contribution in [0.1, 0.15) is 25.5 Å². The lowest BCUT2D eigenvalue weighted by Gasteiger charge is -2.18. The smallest absolute Gasteiger partial charge is 0.122 e. The highest BCUT2D eigenvalue weighted by atomic mass is 16.3. The van der Waals surface area contributed by atoms with Gasteiger partial charge in [-0.1, -0.05) is 19.9 Å². The first-order valence-electron chi connectivity index (χ1n) is 4.37. The fourth-order valence-electron chi connectivity index (χ4n) is 1.27. The molecule has 0 aromatic heterocycles. The van der Waals surface area contributed by atoms with Gasteiger partial charge in [-0.3, -0.25) is 0 Å². The number of hydrogen-bond acceptors (Lipinski definition) is 3. The number of hydrogen-bond donors (Lipinski definition) is 3. The van der Waals surface area contributed by atoms with Crippen molar-refractivity contribution in [3.63, 3.8) is 0 Å². The Morgan fingerprint density at radius 1 is 1.31 bits per heavy atom. The molecule has 0 bridgehead atoms. The summed E-state index contributed by atoms with van der Waals surface area (Å²) >= 11 is 0. The van der Waals surface area contributed by atoms with Gasteiger partial charge >= 0.3 is 0 Å². The first-order valence-corrected chi connectivity index (χ1v) is 4.37. The van der Waals surface area contributed by atoms with Crippen molar-refractivity contribution in [1.82, 2.24) is 0 Å². The zero-order valence-electron chi connectivity index (χ0n) is 7.99. The zero-order valence-corrected chi connectivity index (χ0v) is 7.99. The van der Waals surface area contributed by atoms with Crippen molar-refractivity contribution in [1.29, 1.82) is 0 Å². The average Bonchev–Trinajstić information content (AvgIpc) is 2.03. The Bertz CT molecular complexity index is 277. The van der Waals surface area contributed by atoms with Crippen molar-refractivity contribution in [2.75, 3.05) is 5.73 Å². The summed E-state index contributed by atoms with van der Waals surface area (Å²) in [6, 6.07) is 4.85. The minimum Gasteiger partial charge on any atom is -0.508 e. The van der Waals surface area contributed by atoms with Gasteiger partial charge in [0.25, 0.3) is 0 Å². The Balaban J connectivity index is 3.12. The van der Waals surface area contributed by atoms with Crippen LogP contribution in [0.5, 0.6) is 5.75 Å². The predicted octanol–water partition coefficient (Wildman–Crippen LogP) is 1.63. The quantitative estimate of drug-likeness (QED) is 0.606. The lowest BCUT2D eigenvalue weighted by molar-refractivity contribution is 0.441. The summed E-state index contributed by atoms with van der Waals surface area (Å²) in [5, 5.41) is 9.55. The molecule has 5 N–H and O–H groups in total. The Kier molecular flexibility index (Phi) is 2.78. The zero-order chi connectivity index (χ0) is 10.0. The number of nitrogen functional groups attached to an aromatic ring is 1. The maximum Gasteiger partial charge on any atom is 0.122 e. The van der Waals surface area contributed by atoms with Gasteiger partial charge in [0.15, 0.2) is 0 Å². The number of aromatic hydroxyl groups is 1.